The lowest BCUT2D eigenvalue weighted by Gasteiger charge is -2.30. The van der Waals surface area contributed by atoms with Gasteiger partial charge in [-0.3, -0.25) is 9.69 Å². The minimum absolute atomic E-state index is 0.0562. The lowest BCUT2D eigenvalue weighted by atomic mass is 9.77. The zero-order chi connectivity index (χ0) is 23.4. The average molecular weight is 463 g/mol. The van der Waals surface area contributed by atoms with Crippen molar-refractivity contribution in [1.29, 1.82) is 0 Å². The van der Waals surface area contributed by atoms with Gasteiger partial charge < -0.3 is 14.2 Å². The normalized spacial score (nSPS) is 19.6. The Morgan fingerprint density at radius 3 is 2.09 bits per heavy atom. The van der Waals surface area contributed by atoms with Crippen LogP contribution in [0.3, 0.4) is 0 Å². The van der Waals surface area contributed by atoms with Gasteiger partial charge in [0.2, 0.25) is 5.91 Å². The Labute approximate surface area is 202 Å². The molecule has 7 rings (SSSR count). The van der Waals surface area contributed by atoms with Crippen molar-refractivity contribution in [3.05, 3.63) is 113 Å². The fraction of sp³-hybridized carbons (Fsp3) is 0.172. The number of pyridine rings is 1. The maximum Gasteiger partial charge on any atom is 0.247 e. The Kier molecular flexibility index (Phi) is 4.36. The standard InChI is InChI=1S/C29H22N2O4/c32-28-29(18-35-23-17-25-24(16-22(23)29)33-14-15-34-25)21-12-7-13-30-27(21)31(28)26(19-8-3-1-4-9-19)20-10-5-2-6-11-20/h1-13,16-17,26H,14-15,18H2. The number of hydrogen-bond donors (Lipinski definition) is 0. The van der Waals surface area contributed by atoms with Crippen LogP contribution < -0.4 is 19.1 Å². The lowest BCUT2D eigenvalue weighted by Crippen LogP contribution is -2.44. The van der Waals surface area contributed by atoms with Crippen LogP contribution in [0.15, 0.2) is 91.1 Å². The topological polar surface area (TPSA) is 60.9 Å². The first-order valence-corrected chi connectivity index (χ1v) is 11.7. The van der Waals surface area contributed by atoms with Gasteiger partial charge in [-0.2, -0.15) is 0 Å². The molecule has 0 saturated heterocycles. The predicted molar refractivity (Wildman–Crippen MR) is 130 cm³/mol. The second-order valence-electron chi connectivity index (χ2n) is 8.96. The highest BCUT2D eigenvalue weighted by molar-refractivity contribution is 6.11. The van der Waals surface area contributed by atoms with Crippen LogP contribution in [-0.4, -0.2) is 30.7 Å². The van der Waals surface area contributed by atoms with Crippen LogP contribution >= 0.6 is 0 Å². The van der Waals surface area contributed by atoms with E-state index in [9.17, 15) is 4.79 Å². The number of benzene rings is 3. The highest BCUT2D eigenvalue weighted by Gasteiger charge is 2.59. The molecule has 6 heteroatoms. The van der Waals surface area contributed by atoms with Gasteiger partial charge in [0.15, 0.2) is 11.5 Å². The van der Waals surface area contributed by atoms with Gasteiger partial charge in [0.25, 0.3) is 0 Å². The largest absolute Gasteiger partial charge is 0.491 e. The van der Waals surface area contributed by atoms with Crippen molar-refractivity contribution in [1.82, 2.24) is 4.98 Å². The summed E-state index contributed by atoms with van der Waals surface area (Å²) in [4.78, 5) is 21.2. The molecule has 1 atom stereocenters. The molecule has 3 aliphatic rings. The number of aromatic nitrogens is 1. The monoisotopic (exact) mass is 462 g/mol. The molecule has 0 radical (unpaired) electrons. The van der Waals surface area contributed by atoms with Crippen LogP contribution in [0.5, 0.6) is 17.2 Å². The first-order valence-electron chi connectivity index (χ1n) is 11.7. The number of amides is 1. The third-order valence-electron chi connectivity index (χ3n) is 7.10. The Morgan fingerprint density at radius 1 is 0.743 bits per heavy atom. The van der Waals surface area contributed by atoms with Crippen molar-refractivity contribution in [2.75, 3.05) is 24.7 Å². The number of hydrogen-bond acceptors (Lipinski definition) is 5. The van der Waals surface area contributed by atoms with Crippen molar-refractivity contribution < 1.29 is 19.0 Å². The summed E-state index contributed by atoms with van der Waals surface area (Å²) in [7, 11) is 0. The van der Waals surface area contributed by atoms with E-state index in [2.05, 4.69) is 24.3 Å². The molecule has 1 spiro atoms. The molecule has 1 unspecified atom stereocenters. The van der Waals surface area contributed by atoms with Crippen molar-refractivity contribution in [2.24, 2.45) is 0 Å². The van der Waals surface area contributed by atoms with Gasteiger partial charge in [-0.15, -0.1) is 0 Å². The average Bonchev–Trinajstić information content (AvgIpc) is 3.41. The highest BCUT2D eigenvalue weighted by atomic mass is 16.6. The number of fused-ring (bicyclic) bond motifs is 5. The Morgan fingerprint density at radius 2 is 1.40 bits per heavy atom. The molecule has 3 aliphatic heterocycles. The van der Waals surface area contributed by atoms with Crippen LogP contribution in [0.1, 0.15) is 28.3 Å². The van der Waals surface area contributed by atoms with Gasteiger partial charge in [0, 0.05) is 23.4 Å². The van der Waals surface area contributed by atoms with Gasteiger partial charge in [-0.1, -0.05) is 66.7 Å². The van der Waals surface area contributed by atoms with Crippen molar-refractivity contribution >= 4 is 11.7 Å². The molecule has 4 heterocycles. The van der Waals surface area contributed by atoms with Crippen LogP contribution in [0, 0.1) is 0 Å². The summed E-state index contributed by atoms with van der Waals surface area (Å²) in [5.74, 6) is 2.53. The lowest BCUT2D eigenvalue weighted by molar-refractivity contribution is -0.122. The minimum Gasteiger partial charge on any atom is -0.491 e. The van der Waals surface area contributed by atoms with E-state index in [1.54, 1.807) is 6.20 Å². The SMILES string of the molecule is O=C1N(C(c2ccccc2)c2ccccc2)c2ncccc2C12COc1cc3c(cc12)OCCO3. The summed E-state index contributed by atoms with van der Waals surface area (Å²) in [6.07, 6.45) is 1.74. The molecule has 0 saturated carbocycles. The second-order valence-corrected chi connectivity index (χ2v) is 8.96. The molecule has 1 amide bonds. The summed E-state index contributed by atoms with van der Waals surface area (Å²) >= 11 is 0. The molecule has 35 heavy (non-hydrogen) atoms. The molecular weight excluding hydrogens is 440 g/mol. The maximum atomic E-state index is 14.6. The third-order valence-corrected chi connectivity index (χ3v) is 7.10. The first kappa shape index (κ1) is 20.1. The van der Waals surface area contributed by atoms with E-state index in [0.717, 1.165) is 22.3 Å². The number of nitrogens with zero attached hydrogens (tertiary/aromatic N) is 2. The summed E-state index contributed by atoms with van der Waals surface area (Å²) in [5, 5.41) is 0. The minimum atomic E-state index is -1.00. The van der Waals surface area contributed by atoms with Crippen LogP contribution in [0.2, 0.25) is 0 Å². The Hall–Kier alpha value is -4.32. The molecular formula is C29H22N2O4. The Bertz CT molecular complexity index is 1400. The molecule has 3 aromatic carbocycles. The zero-order valence-electron chi connectivity index (χ0n) is 18.9. The van der Waals surface area contributed by atoms with E-state index in [1.807, 2.05) is 65.6 Å². The molecule has 0 bridgehead atoms. The number of carbonyl (C=O) groups is 1. The summed E-state index contributed by atoms with van der Waals surface area (Å²) in [5.41, 5.74) is 2.67. The summed E-state index contributed by atoms with van der Waals surface area (Å²) < 4.78 is 17.8. The quantitative estimate of drug-likeness (QED) is 0.443. The molecule has 172 valence electrons. The highest BCUT2D eigenvalue weighted by Crippen LogP contribution is 2.56. The van der Waals surface area contributed by atoms with Gasteiger partial charge in [0.05, 0.1) is 6.04 Å². The number of anilines is 1. The Balaban J connectivity index is 1.45. The molecule has 1 aromatic heterocycles. The van der Waals surface area contributed by atoms with Crippen LogP contribution in [-0.2, 0) is 10.2 Å². The predicted octanol–water partition coefficient (Wildman–Crippen LogP) is 4.67. The molecule has 6 nitrogen and oxygen atoms in total. The van der Waals surface area contributed by atoms with E-state index < -0.39 is 5.41 Å². The molecule has 0 aliphatic carbocycles. The fourth-order valence-corrected chi connectivity index (χ4v) is 5.53. The van der Waals surface area contributed by atoms with E-state index in [4.69, 9.17) is 19.2 Å². The van der Waals surface area contributed by atoms with Crippen LogP contribution in [0.4, 0.5) is 5.82 Å². The smallest absolute Gasteiger partial charge is 0.247 e. The van der Waals surface area contributed by atoms with Gasteiger partial charge in [-0.25, -0.2) is 4.98 Å². The van der Waals surface area contributed by atoms with E-state index in [-0.39, 0.29) is 18.6 Å². The fourth-order valence-electron chi connectivity index (χ4n) is 5.53. The van der Waals surface area contributed by atoms with Gasteiger partial charge in [-0.05, 0) is 23.3 Å². The zero-order valence-corrected chi connectivity index (χ0v) is 18.9. The van der Waals surface area contributed by atoms with Crippen molar-refractivity contribution in [3.63, 3.8) is 0 Å². The van der Waals surface area contributed by atoms with Crippen molar-refractivity contribution in [2.45, 2.75) is 11.5 Å². The molecule has 0 N–H and O–H groups in total. The second kappa shape index (κ2) is 7.60. The third kappa shape index (κ3) is 2.83. The number of ether oxygens (including phenoxy) is 3. The van der Waals surface area contributed by atoms with Crippen LogP contribution in [0.25, 0.3) is 0 Å². The van der Waals surface area contributed by atoms with Gasteiger partial charge in [0.1, 0.15) is 36.8 Å². The summed E-state index contributed by atoms with van der Waals surface area (Å²) in [6.45, 7) is 1.17. The molecule has 4 aromatic rings. The van der Waals surface area contributed by atoms with Crippen molar-refractivity contribution in [3.8, 4) is 17.2 Å². The van der Waals surface area contributed by atoms with E-state index in [0.29, 0.717) is 36.3 Å². The summed E-state index contributed by atoms with van der Waals surface area (Å²) in [6, 6.07) is 27.5. The van der Waals surface area contributed by atoms with E-state index >= 15 is 0 Å². The maximum absolute atomic E-state index is 14.6. The first-order chi connectivity index (χ1) is 17.3. The number of rotatable bonds is 3. The van der Waals surface area contributed by atoms with Gasteiger partial charge >= 0.3 is 0 Å². The number of carbonyl (C=O) groups excluding carboxylic acids is 1. The van der Waals surface area contributed by atoms with E-state index in [1.165, 1.54) is 0 Å². The molecule has 0 fully saturated rings.